The molecule has 0 aliphatic rings. The standard InChI is InChI=1S/C15H12ClFO/c1-9-6-12(7-10(2)14(9)17)15(18)11-4-3-5-13(16)8-11/h3-8H,1-2H3. The summed E-state index contributed by atoms with van der Waals surface area (Å²) in [5, 5.41) is 0.511. The van der Waals surface area contributed by atoms with Crippen LogP contribution in [0.25, 0.3) is 0 Å². The molecule has 2 rings (SSSR count). The molecule has 0 amide bonds. The van der Waals surface area contributed by atoms with Crippen molar-refractivity contribution in [2.45, 2.75) is 13.8 Å². The Kier molecular flexibility index (Phi) is 3.48. The highest BCUT2D eigenvalue weighted by atomic mass is 35.5. The molecule has 0 heterocycles. The lowest BCUT2D eigenvalue weighted by atomic mass is 9.99. The Morgan fingerprint density at radius 3 is 2.22 bits per heavy atom. The Morgan fingerprint density at radius 2 is 1.67 bits per heavy atom. The van der Waals surface area contributed by atoms with Crippen LogP contribution in [0.3, 0.4) is 0 Å². The molecule has 0 saturated heterocycles. The summed E-state index contributed by atoms with van der Waals surface area (Å²) in [6.07, 6.45) is 0. The van der Waals surface area contributed by atoms with Gasteiger partial charge in [0.1, 0.15) is 5.82 Å². The van der Waals surface area contributed by atoms with E-state index in [4.69, 9.17) is 11.6 Å². The summed E-state index contributed by atoms with van der Waals surface area (Å²) in [4.78, 5) is 12.2. The van der Waals surface area contributed by atoms with Gasteiger partial charge in [-0.2, -0.15) is 0 Å². The fourth-order valence-electron chi connectivity index (χ4n) is 1.87. The molecule has 0 aliphatic heterocycles. The third-order valence-corrected chi connectivity index (χ3v) is 3.02. The van der Waals surface area contributed by atoms with E-state index in [2.05, 4.69) is 0 Å². The second kappa shape index (κ2) is 4.91. The summed E-state index contributed by atoms with van der Waals surface area (Å²) in [6, 6.07) is 9.86. The molecule has 0 spiro atoms. The number of hydrogen-bond donors (Lipinski definition) is 0. The second-order valence-corrected chi connectivity index (χ2v) is 4.70. The van der Waals surface area contributed by atoms with E-state index >= 15 is 0 Å². The smallest absolute Gasteiger partial charge is 0.193 e. The first-order chi connectivity index (χ1) is 8.49. The van der Waals surface area contributed by atoms with Crippen molar-refractivity contribution in [2.24, 2.45) is 0 Å². The molecule has 0 bridgehead atoms. The van der Waals surface area contributed by atoms with Crippen molar-refractivity contribution in [3.05, 3.63) is 69.5 Å². The number of halogens is 2. The topological polar surface area (TPSA) is 17.1 Å². The van der Waals surface area contributed by atoms with Crippen molar-refractivity contribution in [3.8, 4) is 0 Å². The molecule has 0 fully saturated rings. The Morgan fingerprint density at radius 1 is 1.06 bits per heavy atom. The quantitative estimate of drug-likeness (QED) is 0.737. The van der Waals surface area contributed by atoms with E-state index in [1.165, 1.54) is 0 Å². The van der Waals surface area contributed by atoms with Gasteiger partial charge in [0, 0.05) is 16.1 Å². The monoisotopic (exact) mass is 262 g/mol. The van der Waals surface area contributed by atoms with Gasteiger partial charge in [-0.15, -0.1) is 0 Å². The van der Waals surface area contributed by atoms with Gasteiger partial charge in [0.25, 0.3) is 0 Å². The normalized spacial score (nSPS) is 10.4. The van der Waals surface area contributed by atoms with Gasteiger partial charge in [-0.3, -0.25) is 4.79 Å². The Labute approximate surface area is 110 Å². The third-order valence-electron chi connectivity index (χ3n) is 2.79. The lowest BCUT2D eigenvalue weighted by molar-refractivity contribution is 0.103. The first kappa shape index (κ1) is 12.8. The van der Waals surface area contributed by atoms with Gasteiger partial charge in [0.05, 0.1) is 0 Å². The average molecular weight is 263 g/mol. The number of carbonyl (C=O) groups excluding carboxylic acids is 1. The second-order valence-electron chi connectivity index (χ2n) is 4.26. The van der Waals surface area contributed by atoms with Crippen LogP contribution in [0.2, 0.25) is 5.02 Å². The minimum Gasteiger partial charge on any atom is -0.289 e. The van der Waals surface area contributed by atoms with Gasteiger partial charge in [-0.25, -0.2) is 4.39 Å². The van der Waals surface area contributed by atoms with Crippen LogP contribution in [0.1, 0.15) is 27.0 Å². The molecule has 0 unspecified atom stereocenters. The van der Waals surface area contributed by atoms with Gasteiger partial charge < -0.3 is 0 Å². The van der Waals surface area contributed by atoms with Gasteiger partial charge in [-0.05, 0) is 49.2 Å². The molecule has 1 nitrogen and oxygen atoms in total. The van der Waals surface area contributed by atoms with E-state index in [1.54, 1.807) is 50.2 Å². The molecule has 2 aromatic rings. The summed E-state index contributed by atoms with van der Waals surface area (Å²) in [6.45, 7) is 3.30. The Bertz CT molecular complexity index is 597. The van der Waals surface area contributed by atoms with Crippen molar-refractivity contribution in [1.29, 1.82) is 0 Å². The highest BCUT2D eigenvalue weighted by molar-refractivity contribution is 6.31. The van der Waals surface area contributed by atoms with Gasteiger partial charge in [0.15, 0.2) is 5.78 Å². The number of carbonyl (C=O) groups is 1. The van der Waals surface area contributed by atoms with E-state index in [-0.39, 0.29) is 11.6 Å². The third kappa shape index (κ3) is 2.44. The Hall–Kier alpha value is -1.67. The zero-order valence-corrected chi connectivity index (χ0v) is 10.9. The first-order valence-electron chi connectivity index (χ1n) is 5.56. The van der Waals surface area contributed by atoms with Crippen LogP contribution in [0.15, 0.2) is 36.4 Å². The zero-order chi connectivity index (χ0) is 13.3. The largest absolute Gasteiger partial charge is 0.289 e. The highest BCUT2D eigenvalue weighted by Crippen LogP contribution is 2.19. The maximum absolute atomic E-state index is 13.5. The molecule has 0 saturated carbocycles. The molecule has 2 aromatic carbocycles. The minimum absolute atomic E-state index is 0.149. The van der Waals surface area contributed by atoms with E-state index in [0.717, 1.165) is 0 Å². The van der Waals surface area contributed by atoms with Crippen molar-refractivity contribution >= 4 is 17.4 Å². The molecule has 0 aromatic heterocycles. The number of ketones is 1. The van der Waals surface area contributed by atoms with Gasteiger partial charge >= 0.3 is 0 Å². The molecular formula is C15H12ClFO. The van der Waals surface area contributed by atoms with Gasteiger partial charge in [-0.1, -0.05) is 23.7 Å². The summed E-state index contributed by atoms with van der Waals surface area (Å²) in [5.74, 6) is -0.415. The summed E-state index contributed by atoms with van der Waals surface area (Å²) in [7, 11) is 0. The minimum atomic E-state index is -0.266. The summed E-state index contributed by atoms with van der Waals surface area (Å²) in [5.41, 5.74) is 1.93. The Balaban J connectivity index is 2.47. The van der Waals surface area contributed by atoms with Crippen molar-refractivity contribution in [3.63, 3.8) is 0 Å². The maximum atomic E-state index is 13.5. The van der Waals surface area contributed by atoms with Crippen molar-refractivity contribution in [2.75, 3.05) is 0 Å². The number of aryl methyl sites for hydroxylation is 2. The maximum Gasteiger partial charge on any atom is 0.193 e. The predicted molar refractivity (Wildman–Crippen MR) is 70.8 cm³/mol. The fraction of sp³-hybridized carbons (Fsp3) is 0.133. The van der Waals surface area contributed by atoms with Crippen LogP contribution < -0.4 is 0 Å². The van der Waals surface area contributed by atoms with E-state index in [0.29, 0.717) is 27.3 Å². The molecule has 0 atom stereocenters. The number of hydrogen-bond acceptors (Lipinski definition) is 1. The molecule has 0 radical (unpaired) electrons. The molecule has 0 aliphatic carbocycles. The van der Waals surface area contributed by atoms with Crippen LogP contribution in [-0.2, 0) is 0 Å². The van der Waals surface area contributed by atoms with Crippen molar-refractivity contribution in [1.82, 2.24) is 0 Å². The molecule has 0 N–H and O–H groups in total. The lowest BCUT2D eigenvalue weighted by Crippen LogP contribution is -2.03. The predicted octanol–water partition coefficient (Wildman–Crippen LogP) is 4.33. The van der Waals surface area contributed by atoms with Crippen LogP contribution >= 0.6 is 11.6 Å². The molecule has 92 valence electrons. The summed E-state index contributed by atoms with van der Waals surface area (Å²) < 4.78 is 13.5. The van der Waals surface area contributed by atoms with Crippen LogP contribution in [0.4, 0.5) is 4.39 Å². The zero-order valence-electron chi connectivity index (χ0n) is 10.1. The fourth-order valence-corrected chi connectivity index (χ4v) is 2.06. The SMILES string of the molecule is Cc1cc(C(=O)c2cccc(Cl)c2)cc(C)c1F. The molecule has 18 heavy (non-hydrogen) atoms. The van der Waals surface area contributed by atoms with Crippen LogP contribution in [0, 0.1) is 19.7 Å². The van der Waals surface area contributed by atoms with E-state index in [9.17, 15) is 9.18 Å². The number of benzene rings is 2. The van der Waals surface area contributed by atoms with Crippen LogP contribution in [0.5, 0.6) is 0 Å². The van der Waals surface area contributed by atoms with Crippen LogP contribution in [-0.4, -0.2) is 5.78 Å². The van der Waals surface area contributed by atoms with Crippen molar-refractivity contribution < 1.29 is 9.18 Å². The molecular weight excluding hydrogens is 251 g/mol. The average Bonchev–Trinajstić information content (AvgIpc) is 2.34. The highest BCUT2D eigenvalue weighted by Gasteiger charge is 2.12. The first-order valence-corrected chi connectivity index (χ1v) is 5.94. The lowest BCUT2D eigenvalue weighted by Gasteiger charge is -2.06. The summed E-state index contributed by atoms with van der Waals surface area (Å²) >= 11 is 5.85. The van der Waals surface area contributed by atoms with E-state index < -0.39 is 0 Å². The van der Waals surface area contributed by atoms with Gasteiger partial charge in [0.2, 0.25) is 0 Å². The molecule has 3 heteroatoms. The van der Waals surface area contributed by atoms with E-state index in [1.807, 2.05) is 0 Å². The number of rotatable bonds is 2.